The van der Waals surface area contributed by atoms with Crippen molar-refractivity contribution in [2.45, 2.75) is 6.18 Å². The van der Waals surface area contributed by atoms with Crippen LogP contribution in [0, 0.1) is 0 Å². The molecule has 1 amide bonds. The van der Waals surface area contributed by atoms with Crippen molar-refractivity contribution in [2.75, 3.05) is 17.7 Å². The van der Waals surface area contributed by atoms with E-state index in [9.17, 15) is 18.0 Å². The smallest absolute Gasteiger partial charge is 0.422 e. The fourth-order valence-electron chi connectivity index (χ4n) is 1.65. The van der Waals surface area contributed by atoms with E-state index in [0.29, 0.717) is 5.69 Å². The molecule has 3 N–H and O–H groups in total. The van der Waals surface area contributed by atoms with Crippen LogP contribution in [0.2, 0.25) is 5.02 Å². The number of nitrogens with two attached hydrogens (primary N) is 1. The van der Waals surface area contributed by atoms with Gasteiger partial charge in [0.2, 0.25) is 0 Å². The van der Waals surface area contributed by atoms with Crippen LogP contribution >= 0.6 is 11.6 Å². The third kappa shape index (κ3) is 5.03. The van der Waals surface area contributed by atoms with Gasteiger partial charge in [0.25, 0.3) is 5.91 Å². The SMILES string of the molecule is Nc1cc(C(=O)Nc2ccc(OCC(F)(F)F)c(Cl)c2)ccn1. The Morgan fingerprint density at radius 1 is 1.30 bits per heavy atom. The summed E-state index contributed by atoms with van der Waals surface area (Å²) in [4.78, 5) is 15.8. The Balaban J connectivity index is 2.07. The highest BCUT2D eigenvalue weighted by Crippen LogP contribution is 2.29. The van der Waals surface area contributed by atoms with Crippen LogP contribution in [-0.4, -0.2) is 23.7 Å². The molecule has 23 heavy (non-hydrogen) atoms. The van der Waals surface area contributed by atoms with Gasteiger partial charge in [0, 0.05) is 17.4 Å². The zero-order chi connectivity index (χ0) is 17.0. The summed E-state index contributed by atoms with van der Waals surface area (Å²) < 4.78 is 40.9. The van der Waals surface area contributed by atoms with E-state index < -0.39 is 18.7 Å². The van der Waals surface area contributed by atoms with E-state index in [1.54, 1.807) is 0 Å². The first-order valence-corrected chi connectivity index (χ1v) is 6.64. The molecule has 0 atom stereocenters. The van der Waals surface area contributed by atoms with E-state index in [0.717, 1.165) is 0 Å². The summed E-state index contributed by atoms with van der Waals surface area (Å²) in [5.74, 6) is -0.402. The maximum atomic E-state index is 12.1. The number of aromatic nitrogens is 1. The zero-order valence-corrected chi connectivity index (χ0v) is 12.3. The number of amides is 1. The monoisotopic (exact) mass is 345 g/mol. The van der Waals surface area contributed by atoms with Crippen LogP contribution in [0.3, 0.4) is 0 Å². The van der Waals surface area contributed by atoms with Gasteiger partial charge in [0.15, 0.2) is 6.61 Å². The first-order chi connectivity index (χ1) is 10.7. The number of hydrogen-bond donors (Lipinski definition) is 2. The van der Waals surface area contributed by atoms with Gasteiger partial charge in [-0.05, 0) is 30.3 Å². The summed E-state index contributed by atoms with van der Waals surface area (Å²) in [6.45, 7) is -1.45. The maximum Gasteiger partial charge on any atom is 0.422 e. The van der Waals surface area contributed by atoms with Gasteiger partial charge in [-0.15, -0.1) is 0 Å². The van der Waals surface area contributed by atoms with Gasteiger partial charge in [-0.25, -0.2) is 4.98 Å². The second kappa shape index (κ2) is 6.74. The molecule has 0 radical (unpaired) electrons. The van der Waals surface area contributed by atoms with Gasteiger partial charge in [-0.3, -0.25) is 4.79 Å². The van der Waals surface area contributed by atoms with Crippen LogP contribution in [0.15, 0.2) is 36.5 Å². The Morgan fingerprint density at radius 2 is 2.04 bits per heavy atom. The lowest BCUT2D eigenvalue weighted by molar-refractivity contribution is -0.153. The Kier molecular flexibility index (Phi) is 4.95. The van der Waals surface area contributed by atoms with Gasteiger partial charge in [-0.2, -0.15) is 13.2 Å². The lowest BCUT2D eigenvalue weighted by Crippen LogP contribution is -2.19. The summed E-state index contributed by atoms with van der Waals surface area (Å²) in [5.41, 5.74) is 6.07. The Bertz CT molecular complexity index is 723. The number of rotatable bonds is 4. The minimum atomic E-state index is -4.46. The van der Waals surface area contributed by atoms with E-state index in [1.807, 2.05) is 0 Å². The van der Waals surface area contributed by atoms with Gasteiger partial charge in [0.05, 0.1) is 5.02 Å². The van der Waals surface area contributed by atoms with Crippen LogP contribution in [0.1, 0.15) is 10.4 Å². The standard InChI is InChI=1S/C14H11ClF3N3O2/c15-10-6-9(1-2-11(10)23-7-14(16,17)18)21-13(22)8-3-4-20-12(19)5-8/h1-6H,7H2,(H2,19,20)(H,21,22). The number of halogens is 4. The van der Waals surface area contributed by atoms with Crippen molar-refractivity contribution in [3.05, 3.63) is 47.1 Å². The van der Waals surface area contributed by atoms with E-state index >= 15 is 0 Å². The summed E-state index contributed by atoms with van der Waals surface area (Å²) in [7, 11) is 0. The lowest BCUT2D eigenvalue weighted by atomic mass is 10.2. The van der Waals surface area contributed by atoms with Crippen molar-refractivity contribution >= 4 is 29.0 Å². The highest BCUT2D eigenvalue weighted by Gasteiger charge is 2.28. The predicted molar refractivity (Wildman–Crippen MR) is 79.6 cm³/mol. The number of ether oxygens (including phenoxy) is 1. The Morgan fingerprint density at radius 3 is 2.65 bits per heavy atom. The van der Waals surface area contributed by atoms with Crippen molar-refractivity contribution in [2.24, 2.45) is 0 Å². The molecule has 2 rings (SSSR count). The van der Waals surface area contributed by atoms with Gasteiger partial charge in [0.1, 0.15) is 11.6 Å². The molecule has 0 aliphatic rings. The molecule has 1 heterocycles. The van der Waals surface area contributed by atoms with E-state index in [1.165, 1.54) is 36.5 Å². The van der Waals surface area contributed by atoms with Crippen LogP contribution in [0.5, 0.6) is 5.75 Å². The molecule has 2 aromatic rings. The largest absolute Gasteiger partial charge is 0.483 e. The summed E-state index contributed by atoms with van der Waals surface area (Å²) in [6, 6.07) is 6.76. The van der Waals surface area contributed by atoms with Crippen molar-refractivity contribution < 1.29 is 22.7 Å². The van der Waals surface area contributed by atoms with Crippen molar-refractivity contribution in [1.29, 1.82) is 0 Å². The van der Waals surface area contributed by atoms with Crippen LogP contribution in [0.25, 0.3) is 0 Å². The number of nitrogens with one attached hydrogen (secondary N) is 1. The lowest BCUT2D eigenvalue weighted by Gasteiger charge is -2.12. The molecule has 1 aromatic carbocycles. The van der Waals surface area contributed by atoms with E-state index in [-0.39, 0.29) is 22.2 Å². The highest BCUT2D eigenvalue weighted by atomic mass is 35.5. The van der Waals surface area contributed by atoms with Crippen molar-refractivity contribution in [3.63, 3.8) is 0 Å². The van der Waals surface area contributed by atoms with E-state index in [4.69, 9.17) is 17.3 Å². The van der Waals surface area contributed by atoms with Crippen molar-refractivity contribution in [3.8, 4) is 5.75 Å². The number of carbonyl (C=O) groups excluding carboxylic acids is 1. The zero-order valence-electron chi connectivity index (χ0n) is 11.5. The van der Waals surface area contributed by atoms with Crippen LogP contribution < -0.4 is 15.8 Å². The molecule has 0 aliphatic carbocycles. The molecule has 5 nitrogen and oxygen atoms in total. The fourth-order valence-corrected chi connectivity index (χ4v) is 1.88. The Hall–Kier alpha value is -2.48. The number of pyridine rings is 1. The van der Waals surface area contributed by atoms with Gasteiger partial charge in [-0.1, -0.05) is 11.6 Å². The minimum absolute atomic E-state index is 0.0544. The van der Waals surface area contributed by atoms with Crippen molar-refractivity contribution in [1.82, 2.24) is 4.98 Å². The molecule has 0 bridgehead atoms. The fraction of sp³-hybridized carbons (Fsp3) is 0.143. The topological polar surface area (TPSA) is 77.2 Å². The third-order valence-electron chi connectivity index (χ3n) is 2.62. The molecule has 0 saturated carbocycles. The number of nitrogens with zero attached hydrogens (tertiary/aromatic N) is 1. The number of hydrogen-bond acceptors (Lipinski definition) is 4. The predicted octanol–water partition coefficient (Wildman–Crippen LogP) is 3.51. The second-order valence-corrected chi connectivity index (χ2v) is 4.88. The quantitative estimate of drug-likeness (QED) is 0.889. The average Bonchev–Trinajstić information content (AvgIpc) is 2.45. The molecule has 0 spiro atoms. The number of nitrogen functional groups attached to an aromatic ring is 1. The molecular formula is C14H11ClF3N3O2. The summed E-state index contributed by atoms with van der Waals surface area (Å²) in [6.07, 6.45) is -3.08. The first kappa shape index (κ1) is 16.9. The number of alkyl halides is 3. The molecule has 0 aliphatic heterocycles. The number of carbonyl (C=O) groups is 1. The average molecular weight is 346 g/mol. The third-order valence-corrected chi connectivity index (χ3v) is 2.92. The van der Waals surface area contributed by atoms with Crippen LogP contribution in [0.4, 0.5) is 24.7 Å². The normalized spacial score (nSPS) is 11.1. The van der Waals surface area contributed by atoms with Gasteiger partial charge >= 0.3 is 6.18 Å². The molecule has 0 fully saturated rings. The number of anilines is 2. The molecular weight excluding hydrogens is 335 g/mol. The minimum Gasteiger partial charge on any atom is -0.483 e. The van der Waals surface area contributed by atoms with Gasteiger partial charge < -0.3 is 15.8 Å². The molecule has 122 valence electrons. The Labute approximate surface area is 134 Å². The first-order valence-electron chi connectivity index (χ1n) is 6.26. The van der Waals surface area contributed by atoms with E-state index in [2.05, 4.69) is 15.0 Å². The second-order valence-electron chi connectivity index (χ2n) is 4.47. The molecule has 1 aromatic heterocycles. The molecule has 0 saturated heterocycles. The maximum absolute atomic E-state index is 12.1. The molecule has 0 unspecified atom stereocenters. The summed E-state index contributed by atoms with van der Waals surface area (Å²) >= 11 is 5.84. The molecule has 9 heteroatoms. The number of benzene rings is 1. The highest BCUT2D eigenvalue weighted by molar-refractivity contribution is 6.32. The summed E-state index contributed by atoms with van der Waals surface area (Å²) in [5, 5.41) is 2.49. The van der Waals surface area contributed by atoms with Crippen LogP contribution in [-0.2, 0) is 0 Å².